The van der Waals surface area contributed by atoms with Crippen molar-refractivity contribution in [1.29, 1.82) is 0 Å². The lowest BCUT2D eigenvalue weighted by Gasteiger charge is -2.50. The molecule has 1 heteroatoms. The van der Waals surface area contributed by atoms with E-state index in [0.717, 1.165) is 19.3 Å². The molecule has 1 aliphatic carbocycles. The zero-order chi connectivity index (χ0) is 15.2. The van der Waals surface area contributed by atoms with E-state index in [9.17, 15) is 0 Å². The zero-order valence-corrected chi connectivity index (χ0v) is 14.1. The zero-order valence-electron chi connectivity index (χ0n) is 14.1. The summed E-state index contributed by atoms with van der Waals surface area (Å²) < 4.78 is 0. The lowest BCUT2D eigenvalue weighted by atomic mass is 9.57. The van der Waals surface area contributed by atoms with Gasteiger partial charge in [0.25, 0.3) is 0 Å². The molecule has 0 radical (unpaired) electrons. The Morgan fingerprint density at radius 1 is 0.900 bits per heavy atom. The summed E-state index contributed by atoms with van der Waals surface area (Å²) in [5, 5.41) is 0. The van der Waals surface area contributed by atoms with Gasteiger partial charge in [-0.25, -0.2) is 0 Å². The fourth-order valence-corrected chi connectivity index (χ4v) is 4.83. The van der Waals surface area contributed by atoms with Gasteiger partial charge in [0.05, 0.1) is 0 Å². The second-order valence-corrected chi connectivity index (χ2v) is 8.82. The summed E-state index contributed by atoms with van der Waals surface area (Å²) in [6, 6.07) is 6.80. The molecular weight excluding hydrogens is 242 g/mol. The molecule has 0 bridgehead atoms. The van der Waals surface area contributed by atoms with Crippen LogP contribution in [0.3, 0.4) is 0 Å². The second kappa shape index (κ2) is 4.87. The first-order chi connectivity index (χ1) is 9.00. The van der Waals surface area contributed by atoms with E-state index in [1.807, 2.05) is 0 Å². The molecule has 0 spiro atoms. The van der Waals surface area contributed by atoms with Crippen molar-refractivity contribution in [2.24, 2.45) is 16.6 Å². The largest absolute Gasteiger partial charge is 0.325 e. The molecule has 112 valence electrons. The molecule has 1 aromatic rings. The normalized spacial score (nSPS) is 23.6. The summed E-state index contributed by atoms with van der Waals surface area (Å²) in [7, 11) is 0. The Kier molecular flexibility index (Phi) is 3.79. The smallest absolute Gasteiger partial charge is 0.0205 e. The van der Waals surface area contributed by atoms with E-state index in [0.29, 0.717) is 10.8 Å². The van der Waals surface area contributed by atoms with E-state index in [1.54, 1.807) is 0 Å². The Morgan fingerprint density at radius 2 is 1.45 bits per heavy atom. The number of benzene rings is 1. The first-order valence-corrected chi connectivity index (χ1v) is 7.86. The van der Waals surface area contributed by atoms with Gasteiger partial charge >= 0.3 is 0 Å². The van der Waals surface area contributed by atoms with Gasteiger partial charge in [-0.2, -0.15) is 0 Å². The average molecular weight is 273 g/mol. The first kappa shape index (κ1) is 15.6. The van der Waals surface area contributed by atoms with Crippen LogP contribution in [0.4, 0.5) is 0 Å². The molecule has 0 amide bonds. The predicted molar refractivity (Wildman–Crippen MR) is 88.0 cm³/mol. The Balaban J connectivity index is 2.23. The highest BCUT2D eigenvalue weighted by Crippen LogP contribution is 2.50. The third-order valence-corrected chi connectivity index (χ3v) is 4.75. The second-order valence-electron chi connectivity index (χ2n) is 8.82. The fraction of sp³-hybridized carbons (Fsp3) is 0.684. The maximum atomic E-state index is 6.83. The van der Waals surface area contributed by atoms with Crippen LogP contribution >= 0.6 is 0 Å². The molecule has 0 atom stereocenters. The van der Waals surface area contributed by atoms with Crippen LogP contribution in [0, 0.1) is 24.7 Å². The Labute approximate surface area is 125 Å². The average Bonchev–Trinajstić information content (AvgIpc) is 2.17. The summed E-state index contributed by atoms with van der Waals surface area (Å²) in [5.41, 5.74) is 11.6. The standard InChI is InChI=1S/C19H31N/c1-14-7-8-16(9-15(14)2)10-19(20)12-17(3,4)11-18(5,6)13-19/h7-9H,10-13,20H2,1-6H3. The number of aryl methyl sites for hydroxylation is 2. The fourth-order valence-electron chi connectivity index (χ4n) is 4.83. The van der Waals surface area contributed by atoms with Gasteiger partial charge in [-0.15, -0.1) is 0 Å². The van der Waals surface area contributed by atoms with E-state index >= 15 is 0 Å². The molecule has 1 fully saturated rings. The lowest BCUT2D eigenvalue weighted by molar-refractivity contribution is 0.0487. The molecule has 0 heterocycles. The van der Waals surface area contributed by atoms with Crippen LogP contribution < -0.4 is 5.73 Å². The number of hydrogen-bond donors (Lipinski definition) is 1. The van der Waals surface area contributed by atoms with E-state index < -0.39 is 0 Å². The molecule has 2 N–H and O–H groups in total. The van der Waals surface area contributed by atoms with E-state index in [4.69, 9.17) is 5.73 Å². The van der Waals surface area contributed by atoms with Crippen LogP contribution in [0.2, 0.25) is 0 Å². The van der Waals surface area contributed by atoms with Gasteiger partial charge in [-0.1, -0.05) is 45.9 Å². The van der Waals surface area contributed by atoms with Gasteiger partial charge in [-0.05, 0) is 67.1 Å². The van der Waals surface area contributed by atoms with E-state index in [1.165, 1.54) is 23.1 Å². The quantitative estimate of drug-likeness (QED) is 0.824. The van der Waals surface area contributed by atoms with E-state index in [2.05, 4.69) is 59.7 Å². The summed E-state index contributed by atoms with van der Waals surface area (Å²) in [6.45, 7) is 13.8. The minimum atomic E-state index is -0.0626. The van der Waals surface area contributed by atoms with Crippen LogP contribution in [0.25, 0.3) is 0 Å². The molecular formula is C19H31N. The van der Waals surface area contributed by atoms with Crippen LogP contribution in [-0.2, 0) is 6.42 Å². The molecule has 1 aromatic carbocycles. The minimum absolute atomic E-state index is 0.0626. The van der Waals surface area contributed by atoms with Gasteiger partial charge in [0.2, 0.25) is 0 Å². The molecule has 1 aliphatic rings. The Bertz CT molecular complexity index is 480. The molecule has 0 unspecified atom stereocenters. The van der Waals surface area contributed by atoms with Crippen LogP contribution in [0.5, 0.6) is 0 Å². The summed E-state index contributed by atoms with van der Waals surface area (Å²) >= 11 is 0. The van der Waals surface area contributed by atoms with Gasteiger partial charge in [0.1, 0.15) is 0 Å². The van der Waals surface area contributed by atoms with Gasteiger partial charge in [0.15, 0.2) is 0 Å². The molecule has 2 rings (SSSR count). The summed E-state index contributed by atoms with van der Waals surface area (Å²) in [6.07, 6.45) is 4.51. The lowest BCUT2D eigenvalue weighted by Crippen LogP contribution is -2.53. The van der Waals surface area contributed by atoms with Crippen LogP contribution in [-0.4, -0.2) is 5.54 Å². The number of hydrogen-bond acceptors (Lipinski definition) is 1. The van der Waals surface area contributed by atoms with Crippen molar-refractivity contribution in [3.8, 4) is 0 Å². The van der Waals surface area contributed by atoms with Crippen molar-refractivity contribution < 1.29 is 0 Å². The van der Waals surface area contributed by atoms with Crippen molar-refractivity contribution in [1.82, 2.24) is 0 Å². The molecule has 1 saturated carbocycles. The number of nitrogens with two attached hydrogens (primary N) is 1. The van der Waals surface area contributed by atoms with Crippen molar-refractivity contribution in [3.05, 3.63) is 34.9 Å². The van der Waals surface area contributed by atoms with Crippen molar-refractivity contribution >= 4 is 0 Å². The van der Waals surface area contributed by atoms with Crippen molar-refractivity contribution in [2.45, 2.75) is 72.8 Å². The third kappa shape index (κ3) is 3.63. The van der Waals surface area contributed by atoms with Crippen molar-refractivity contribution in [3.63, 3.8) is 0 Å². The SMILES string of the molecule is Cc1ccc(CC2(N)CC(C)(C)CC(C)(C)C2)cc1C. The molecule has 0 aromatic heterocycles. The van der Waals surface area contributed by atoms with E-state index in [-0.39, 0.29) is 5.54 Å². The predicted octanol–water partition coefficient (Wildman–Crippen LogP) is 4.78. The number of rotatable bonds is 2. The topological polar surface area (TPSA) is 26.0 Å². The highest BCUT2D eigenvalue weighted by atomic mass is 14.8. The van der Waals surface area contributed by atoms with Gasteiger partial charge in [0, 0.05) is 5.54 Å². The highest BCUT2D eigenvalue weighted by molar-refractivity contribution is 5.31. The Morgan fingerprint density at radius 3 is 1.95 bits per heavy atom. The maximum absolute atomic E-state index is 6.83. The summed E-state index contributed by atoms with van der Waals surface area (Å²) in [5.74, 6) is 0. The van der Waals surface area contributed by atoms with Crippen LogP contribution in [0.1, 0.15) is 63.6 Å². The third-order valence-electron chi connectivity index (χ3n) is 4.75. The van der Waals surface area contributed by atoms with Crippen molar-refractivity contribution in [2.75, 3.05) is 0 Å². The minimum Gasteiger partial charge on any atom is -0.325 e. The Hall–Kier alpha value is -0.820. The summed E-state index contributed by atoms with van der Waals surface area (Å²) in [4.78, 5) is 0. The monoisotopic (exact) mass is 273 g/mol. The molecule has 0 aliphatic heterocycles. The first-order valence-electron chi connectivity index (χ1n) is 7.86. The maximum Gasteiger partial charge on any atom is 0.0205 e. The highest BCUT2D eigenvalue weighted by Gasteiger charge is 2.45. The molecule has 1 nitrogen and oxygen atoms in total. The van der Waals surface area contributed by atoms with Gasteiger partial charge in [-0.3, -0.25) is 0 Å². The van der Waals surface area contributed by atoms with Crippen LogP contribution in [0.15, 0.2) is 18.2 Å². The molecule has 0 saturated heterocycles. The van der Waals surface area contributed by atoms with Gasteiger partial charge < -0.3 is 5.73 Å². The molecule has 20 heavy (non-hydrogen) atoms.